The Morgan fingerprint density at radius 1 is 0.818 bits per heavy atom. The standard InChI is InChI=1S/C14H29O.2Na.H2O4S/c1-3-5-6-7-8-9-10-11-12-13-14-15-4-2;;;1-5(2,3)4/h2-14H2,1H3;;;(H2,1,2,3,4)/q;2*+1;/p-2. The molecule has 0 unspecified atom stereocenters. The molecule has 0 saturated heterocycles. The Labute approximate surface area is 181 Å². The molecule has 0 saturated carbocycles. The van der Waals surface area contributed by atoms with Crippen molar-refractivity contribution in [1.29, 1.82) is 0 Å². The first-order chi connectivity index (χ1) is 9.41. The summed E-state index contributed by atoms with van der Waals surface area (Å²) in [5, 5.41) is 0. The largest absolute Gasteiger partial charge is 1.00 e. The first kappa shape index (κ1) is 31.6. The molecule has 0 heterocycles. The van der Waals surface area contributed by atoms with Gasteiger partial charge in [0, 0.05) is 23.6 Å². The fraction of sp³-hybridized carbons (Fsp3) is 0.929. The molecule has 0 aromatic carbocycles. The average Bonchev–Trinajstić information content (AvgIpc) is 2.34. The van der Waals surface area contributed by atoms with E-state index in [-0.39, 0.29) is 59.1 Å². The van der Waals surface area contributed by atoms with Crippen LogP contribution in [0.3, 0.4) is 0 Å². The van der Waals surface area contributed by atoms with Gasteiger partial charge in [0.25, 0.3) is 0 Å². The third-order valence-electron chi connectivity index (χ3n) is 2.79. The summed E-state index contributed by atoms with van der Waals surface area (Å²) in [6.45, 7) is 7.44. The van der Waals surface area contributed by atoms with E-state index in [0.717, 1.165) is 6.61 Å². The van der Waals surface area contributed by atoms with Crippen LogP contribution in [0.1, 0.15) is 71.1 Å². The van der Waals surface area contributed by atoms with Gasteiger partial charge in [-0.2, -0.15) is 0 Å². The van der Waals surface area contributed by atoms with Gasteiger partial charge in [-0.15, -0.1) is 0 Å². The summed E-state index contributed by atoms with van der Waals surface area (Å²) < 4.78 is 39.3. The zero-order chi connectivity index (χ0) is 15.7. The summed E-state index contributed by atoms with van der Waals surface area (Å²) in [4.78, 5) is 0. The van der Waals surface area contributed by atoms with Crippen LogP contribution in [0.2, 0.25) is 0 Å². The Bertz CT molecular complexity index is 254. The maximum absolute atomic E-state index is 8.52. The molecule has 0 aromatic heterocycles. The molecule has 0 N–H and O–H groups in total. The minimum atomic E-state index is -5.17. The van der Waals surface area contributed by atoms with Crippen LogP contribution in [-0.2, 0) is 15.1 Å². The Morgan fingerprint density at radius 3 is 1.45 bits per heavy atom. The number of unbranched alkanes of at least 4 members (excludes halogenated alkanes) is 9. The minimum Gasteiger partial charge on any atom is -0.759 e. The molecule has 0 atom stereocenters. The molecule has 0 amide bonds. The van der Waals surface area contributed by atoms with Gasteiger partial charge in [0.15, 0.2) is 0 Å². The third kappa shape index (κ3) is 49.5. The van der Waals surface area contributed by atoms with Crippen LogP contribution in [0.4, 0.5) is 0 Å². The van der Waals surface area contributed by atoms with Gasteiger partial charge < -0.3 is 13.8 Å². The van der Waals surface area contributed by atoms with Crippen LogP contribution in [-0.4, -0.2) is 30.7 Å². The maximum Gasteiger partial charge on any atom is 1.00 e. The van der Waals surface area contributed by atoms with E-state index in [1.54, 1.807) is 0 Å². The van der Waals surface area contributed by atoms with Crippen molar-refractivity contribution < 1.29 is 81.4 Å². The summed E-state index contributed by atoms with van der Waals surface area (Å²) in [6, 6.07) is 0. The van der Waals surface area contributed by atoms with Crippen LogP contribution in [0.15, 0.2) is 0 Å². The smallest absolute Gasteiger partial charge is 0.759 e. The Hall–Kier alpha value is 1.83. The van der Waals surface area contributed by atoms with Crippen molar-refractivity contribution in [3.63, 3.8) is 0 Å². The first-order valence-electron chi connectivity index (χ1n) is 7.45. The molecule has 0 fully saturated rings. The van der Waals surface area contributed by atoms with Gasteiger partial charge in [0.05, 0.1) is 0 Å². The average molecular weight is 355 g/mol. The van der Waals surface area contributed by atoms with Crippen molar-refractivity contribution in [2.24, 2.45) is 0 Å². The van der Waals surface area contributed by atoms with E-state index in [4.69, 9.17) is 22.3 Å². The quantitative estimate of drug-likeness (QED) is 0.166. The van der Waals surface area contributed by atoms with Crippen molar-refractivity contribution in [2.75, 3.05) is 13.2 Å². The van der Waals surface area contributed by atoms with Crippen molar-refractivity contribution in [3.8, 4) is 0 Å². The molecular formula is C14H29Na2O5S. The maximum atomic E-state index is 8.52. The predicted molar refractivity (Wildman–Crippen MR) is 78.5 cm³/mol. The van der Waals surface area contributed by atoms with Gasteiger partial charge in [0.2, 0.25) is 0 Å². The second kappa shape index (κ2) is 25.1. The second-order valence-electron chi connectivity index (χ2n) is 4.70. The van der Waals surface area contributed by atoms with Gasteiger partial charge in [0.1, 0.15) is 0 Å². The molecule has 8 heteroatoms. The molecular weight excluding hydrogens is 326 g/mol. The van der Waals surface area contributed by atoms with E-state index in [1.165, 1.54) is 64.2 Å². The molecule has 0 aliphatic carbocycles. The van der Waals surface area contributed by atoms with Crippen LogP contribution < -0.4 is 59.1 Å². The summed E-state index contributed by atoms with van der Waals surface area (Å²) in [6.07, 6.45) is 13.9. The molecule has 0 spiro atoms. The van der Waals surface area contributed by atoms with E-state index in [2.05, 4.69) is 13.8 Å². The molecule has 0 aliphatic rings. The van der Waals surface area contributed by atoms with E-state index in [0.29, 0.717) is 6.61 Å². The Kier molecular flexibility index (Phi) is 36.0. The van der Waals surface area contributed by atoms with E-state index < -0.39 is 10.4 Å². The zero-order valence-corrected chi connectivity index (χ0v) is 19.5. The van der Waals surface area contributed by atoms with E-state index in [9.17, 15) is 0 Å². The van der Waals surface area contributed by atoms with Crippen molar-refractivity contribution in [3.05, 3.63) is 6.92 Å². The Balaban J connectivity index is -0.000000201. The van der Waals surface area contributed by atoms with Gasteiger partial charge in [-0.1, -0.05) is 64.7 Å². The molecule has 0 aromatic rings. The van der Waals surface area contributed by atoms with Gasteiger partial charge in [-0.3, -0.25) is 8.42 Å². The monoisotopic (exact) mass is 355 g/mol. The minimum absolute atomic E-state index is 0. The Morgan fingerprint density at radius 2 is 1.14 bits per heavy atom. The summed E-state index contributed by atoms with van der Waals surface area (Å²) in [5.74, 6) is 0. The van der Waals surface area contributed by atoms with Crippen LogP contribution in [0.5, 0.6) is 0 Å². The van der Waals surface area contributed by atoms with Crippen molar-refractivity contribution >= 4 is 10.4 Å². The SMILES string of the molecule is O=S(=O)([O-])[O-].[CH2]COCCCCCCCCCCCC.[Na+].[Na+]. The van der Waals surface area contributed by atoms with Crippen LogP contribution in [0.25, 0.3) is 0 Å². The topological polar surface area (TPSA) is 89.5 Å². The molecule has 1 radical (unpaired) electrons. The van der Waals surface area contributed by atoms with E-state index >= 15 is 0 Å². The molecule has 5 nitrogen and oxygen atoms in total. The number of ether oxygens (including phenoxy) is 1. The molecule has 0 rings (SSSR count). The third-order valence-corrected chi connectivity index (χ3v) is 2.79. The van der Waals surface area contributed by atoms with Crippen LogP contribution in [0, 0.1) is 6.92 Å². The number of hydrogen-bond donors (Lipinski definition) is 0. The number of rotatable bonds is 12. The molecule has 123 valence electrons. The zero-order valence-electron chi connectivity index (χ0n) is 14.6. The molecule has 0 bridgehead atoms. The fourth-order valence-corrected chi connectivity index (χ4v) is 1.79. The number of hydrogen-bond acceptors (Lipinski definition) is 5. The molecule has 22 heavy (non-hydrogen) atoms. The summed E-state index contributed by atoms with van der Waals surface area (Å²) >= 11 is 0. The van der Waals surface area contributed by atoms with Gasteiger partial charge in [-0.25, -0.2) is 0 Å². The predicted octanol–water partition coefficient (Wildman–Crippen LogP) is -2.57. The summed E-state index contributed by atoms with van der Waals surface area (Å²) in [7, 11) is -5.17. The summed E-state index contributed by atoms with van der Waals surface area (Å²) in [5.41, 5.74) is 0. The van der Waals surface area contributed by atoms with Gasteiger partial charge >= 0.3 is 59.1 Å². The first-order valence-corrected chi connectivity index (χ1v) is 8.78. The molecule has 0 aliphatic heterocycles. The van der Waals surface area contributed by atoms with Crippen LogP contribution >= 0.6 is 0 Å². The van der Waals surface area contributed by atoms with Crippen molar-refractivity contribution in [1.82, 2.24) is 0 Å². The fourth-order valence-electron chi connectivity index (χ4n) is 1.79. The van der Waals surface area contributed by atoms with E-state index in [1.807, 2.05) is 0 Å². The second-order valence-corrected chi connectivity index (χ2v) is 5.52. The van der Waals surface area contributed by atoms with Crippen molar-refractivity contribution in [2.45, 2.75) is 71.1 Å². The normalized spacial score (nSPS) is 10.0. The van der Waals surface area contributed by atoms with Gasteiger partial charge in [-0.05, 0) is 13.3 Å².